The molecule has 1 N–H and O–H groups in total. The molecule has 88 valence electrons. The van der Waals surface area contributed by atoms with E-state index in [4.69, 9.17) is 11.6 Å². The number of hydrogen-bond acceptors (Lipinski definition) is 2. The first kappa shape index (κ1) is 11.9. The first-order valence-electron chi connectivity index (χ1n) is 5.28. The van der Waals surface area contributed by atoms with Gasteiger partial charge in [-0.3, -0.25) is 4.98 Å². The highest BCUT2D eigenvalue weighted by Gasteiger charge is 2.06. The summed E-state index contributed by atoms with van der Waals surface area (Å²) in [7, 11) is 0. The molecule has 0 fully saturated rings. The molecule has 0 aliphatic heterocycles. The second-order valence-electron chi connectivity index (χ2n) is 3.78. The fraction of sp³-hybridized carbons (Fsp3) is 0.154. The van der Waals surface area contributed by atoms with Crippen LogP contribution in [-0.2, 0) is 0 Å². The Kier molecular flexibility index (Phi) is 3.59. The van der Waals surface area contributed by atoms with E-state index in [1.54, 1.807) is 24.5 Å². The molecule has 2 aromatic rings. The van der Waals surface area contributed by atoms with E-state index in [0.717, 1.165) is 11.3 Å². The minimum absolute atomic E-state index is 0.111. The summed E-state index contributed by atoms with van der Waals surface area (Å²) < 4.78 is 13.0. The highest BCUT2D eigenvalue weighted by atomic mass is 35.5. The van der Waals surface area contributed by atoms with Crippen LogP contribution >= 0.6 is 11.6 Å². The molecule has 0 saturated heterocycles. The van der Waals surface area contributed by atoms with Gasteiger partial charge in [0.05, 0.1) is 5.02 Å². The van der Waals surface area contributed by atoms with E-state index in [9.17, 15) is 4.39 Å². The Morgan fingerprint density at radius 2 is 1.94 bits per heavy atom. The third-order valence-corrected chi connectivity index (χ3v) is 2.80. The lowest BCUT2D eigenvalue weighted by atomic mass is 10.1. The maximum atomic E-state index is 13.0. The summed E-state index contributed by atoms with van der Waals surface area (Å²) in [6, 6.07) is 8.57. The molecule has 1 atom stereocenters. The molecule has 0 aliphatic rings. The van der Waals surface area contributed by atoms with E-state index in [1.165, 1.54) is 6.07 Å². The fourth-order valence-electron chi connectivity index (χ4n) is 1.57. The number of nitrogens with one attached hydrogen (secondary N) is 1. The standard InChI is InChI=1S/C13H12ClFN2/c1-9(10-4-6-16-7-5-10)17-11-2-3-13(15)12(14)8-11/h2-9,17H,1H3. The predicted molar refractivity (Wildman–Crippen MR) is 67.7 cm³/mol. The van der Waals surface area contributed by atoms with Gasteiger partial charge in [-0.25, -0.2) is 4.39 Å². The van der Waals surface area contributed by atoms with Crippen molar-refractivity contribution < 1.29 is 4.39 Å². The maximum absolute atomic E-state index is 13.0. The number of rotatable bonds is 3. The lowest BCUT2D eigenvalue weighted by Crippen LogP contribution is -2.06. The summed E-state index contributed by atoms with van der Waals surface area (Å²) >= 11 is 5.72. The van der Waals surface area contributed by atoms with E-state index >= 15 is 0 Å². The second-order valence-corrected chi connectivity index (χ2v) is 4.18. The van der Waals surface area contributed by atoms with Crippen LogP contribution in [0, 0.1) is 5.82 Å². The smallest absolute Gasteiger partial charge is 0.141 e. The summed E-state index contributed by atoms with van der Waals surface area (Å²) in [6.07, 6.45) is 3.48. The molecule has 1 heterocycles. The van der Waals surface area contributed by atoms with Crippen molar-refractivity contribution in [1.29, 1.82) is 0 Å². The van der Waals surface area contributed by atoms with Crippen LogP contribution < -0.4 is 5.32 Å². The molecule has 2 nitrogen and oxygen atoms in total. The van der Waals surface area contributed by atoms with Gasteiger partial charge in [0.2, 0.25) is 0 Å². The average Bonchev–Trinajstić information content (AvgIpc) is 2.35. The SMILES string of the molecule is CC(Nc1ccc(F)c(Cl)c1)c1ccncc1. The highest BCUT2D eigenvalue weighted by molar-refractivity contribution is 6.31. The van der Waals surface area contributed by atoms with Crippen LogP contribution in [-0.4, -0.2) is 4.98 Å². The van der Waals surface area contributed by atoms with Crippen molar-refractivity contribution in [3.63, 3.8) is 0 Å². The Bertz CT molecular complexity index is 502. The van der Waals surface area contributed by atoms with Crippen LogP contribution in [0.5, 0.6) is 0 Å². The Balaban J connectivity index is 2.13. The van der Waals surface area contributed by atoms with E-state index in [1.807, 2.05) is 19.1 Å². The van der Waals surface area contributed by atoms with Gasteiger partial charge in [-0.05, 0) is 42.8 Å². The number of hydrogen-bond donors (Lipinski definition) is 1. The van der Waals surface area contributed by atoms with Crippen molar-refractivity contribution >= 4 is 17.3 Å². The first-order valence-corrected chi connectivity index (χ1v) is 5.66. The van der Waals surface area contributed by atoms with Crippen LogP contribution in [0.4, 0.5) is 10.1 Å². The van der Waals surface area contributed by atoms with Crippen LogP contribution in [0.25, 0.3) is 0 Å². The van der Waals surface area contributed by atoms with E-state index in [0.29, 0.717) is 0 Å². The van der Waals surface area contributed by atoms with E-state index in [2.05, 4.69) is 10.3 Å². The molecular weight excluding hydrogens is 239 g/mol. The number of pyridine rings is 1. The van der Waals surface area contributed by atoms with Crippen LogP contribution in [0.15, 0.2) is 42.7 Å². The van der Waals surface area contributed by atoms with Gasteiger partial charge >= 0.3 is 0 Å². The zero-order valence-corrected chi connectivity index (χ0v) is 10.1. The summed E-state index contributed by atoms with van der Waals surface area (Å²) in [4.78, 5) is 3.96. The molecule has 0 bridgehead atoms. The largest absolute Gasteiger partial charge is 0.378 e. The number of anilines is 1. The minimum Gasteiger partial charge on any atom is -0.378 e. The molecule has 4 heteroatoms. The zero-order valence-electron chi connectivity index (χ0n) is 9.32. The van der Waals surface area contributed by atoms with Gasteiger partial charge in [0, 0.05) is 24.1 Å². The number of aromatic nitrogens is 1. The van der Waals surface area contributed by atoms with Gasteiger partial charge in [0.15, 0.2) is 0 Å². The van der Waals surface area contributed by atoms with Crippen molar-refractivity contribution in [3.05, 3.63) is 59.1 Å². The minimum atomic E-state index is -0.409. The molecule has 0 aliphatic carbocycles. The summed E-state index contributed by atoms with van der Waals surface area (Å²) in [5.74, 6) is -0.409. The van der Waals surface area contributed by atoms with Crippen molar-refractivity contribution in [2.24, 2.45) is 0 Å². The molecule has 0 saturated carbocycles. The number of benzene rings is 1. The third kappa shape index (κ3) is 2.94. The summed E-state index contributed by atoms with van der Waals surface area (Å²) in [5.41, 5.74) is 1.90. The molecular formula is C13H12ClFN2. The summed E-state index contributed by atoms with van der Waals surface area (Å²) in [5, 5.41) is 3.37. The van der Waals surface area contributed by atoms with Gasteiger partial charge in [-0.2, -0.15) is 0 Å². The molecule has 0 amide bonds. The van der Waals surface area contributed by atoms with Crippen molar-refractivity contribution in [3.8, 4) is 0 Å². The van der Waals surface area contributed by atoms with Crippen LogP contribution in [0.2, 0.25) is 5.02 Å². The van der Waals surface area contributed by atoms with E-state index < -0.39 is 5.82 Å². The monoisotopic (exact) mass is 250 g/mol. The molecule has 2 rings (SSSR count). The highest BCUT2D eigenvalue weighted by Crippen LogP contribution is 2.23. The van der Waals surface area contributed by atoms with Gasteiger partial charge in [0.25, 0.3) is 0 Å². The normalized spacial score (nSPS) is 12.2. The average molecular weight is 251 g/mol. The number of halogens is 2. The lowest BCUT2D eigenvalue weighted by molar-refractivity contribution is 0.628. The van der Waals surface area contributed by atoms with Gasteiger partial charge in [-0.1, -0.05) is 11.6 Å². The van der Waals surface area contributed by atoms with Gasteiger partial charge in [0.1, 0.15) is 5.82 Å². The quantitative estimate of drug-likeness (QED) is 0.889. The first-order chi connectivity index (χ1) is 8.16. The van der Waals surface area contributed by atoms with Crippen molar-refractivity contribution in [2.75, 3.05) is 5.32 Å². The predicted octanol–water partition coefficient (Wildman–Crippen LogP) is 4.05. The molecule has 1 unspecified atom stereocenters. The third-order valence-electron chi connectivity index (χ3n) is 2.51. The fourth-order valence-corrected chi connectivity index (χ4v) is 1.75. The molecule has 0 radical (unpaired) electrons. The Labute approximate surface area is 104 Å². The van der Waals surface area contributed by atoms with Gasteiger partial charge in [-0.15, -0.1) is 0 Å². The number of nitrogens with zero attached hydrogens (tertiary/aromatic N) is 1. The van der Waals surface area contributed by atoms with Crippen molar-refractivity contribution in [2.45, 2.75) is 13.0 Å². The van der Waals surface area contributed by atoms with Crippen molar-refractivity contribution in [1.82, 2.24) is 4.98 Å². The van der Waals surface area contributed by atoms with Crippen LogP contribution in [0.3, 0.4) is 0 Å². The maximum Gasteiger partial charge on any atom is 0.141 e. The second kappa shape index (κ2) is 5.15. The molecule has 0 spiro atoms. The Hall–Kier alpha value is -1.61. The molecule has 17 heavy (non-hydrogen) atoms. The van der Waals surface area contributed by atoms with E-state index in [-0.39, 0.29) is 11.1 Å². The molecule has 1 aromatic heterocycles. The lowest BCUT2D eigenvalue weighted by Gasteiger charge is -2.15. The van der Waals surface area contributed by atoms with Gasteiger partial charge < -0.3 is 5.32 Å². The Morgan fingerprint density at radius 3 is 2.59 bits per heavy atom. The molecule has 1 aromatic carbocycles. The zero-order chi connectivity index (χ0) is 12.3. The topological polar surface area (TPSA) is 24.9 Å². The summed E-state index contributed by atoms with van der Waals surface area (Å²) in [6.45, 7) is 2.02. The Morgan fingerprint density at radius 1 is 1.24 bits per heavy atom. The van der Waals surface area contributed by atoms with Crippen LogP contribution in [0.1, 0.15) is 18.5 Å².